The summed E-state index contributed by atoms with van der Waals surface area (Å²) in [6.07, 6.45) is 2.71. The van der Waals surface area contributed by atoms with Gasteiger partial charge in [0.25, 0.3) is 5.91 Å². The standard InChI is InChI=1S/C23H35N3O5/c1-17(27)25(3)20-15-23(31-16-22(20,2)29)9-12-26(13-10-23)21(28)18-5-7-19(8-6-18)30-14-4-11-24/h5-8,20,29H,4,9-16,24H2,1-3H3/t20-,22-/m0/s1. The molecule has 2 atom stereocenters. The van der Waals surface area contributed by atoms with Crippen molar-refractivity contribution >= 4 is 11.8 Å². The van der Waals surface area contributed by atoms with Crippen LogP contribution in [0.3, 0.4) is 0 Å². The van der Waals surface area contributed by atoms with Crippen LogP contribution < -0.4 is 10.5 Å². The van der Waals surface area contributed by atoms with E-state index in [1.165, 1.54) is 6.92 Å². The number of hydrogen-bond donors (Lipinski definition) is 2. The number of nitrogens with two attached hydrogens (primary N) is 1. The van der Waals surface area contributed by atoms with Gasteiger partial charge in [-0.2, -0.15) is 0 Å². The second-order valence-corrected chi connectivity index (χ2v) is 8.99. The Morgan fingerprint density at radius 2 is 1.94 bits per heavy atom. The lowest BCUT2D eigenvalue weighted by Crippen LogP contribution is -2.64. The van der Waals surface area contributed by atoms with Gasteiger partial charge in [0.2, 0.25) is 5.91 Å². The zero-order valence-corrected chi connectivity index (χ0v) is 18.8. The van der Waals surface area contributed by atoms with E-state index in [9.17, 15) is 14.7 Å². The maximum Gasteiger partial charge on any atom is 0.253 e. The number of amides is 2. The average Bonchev–Trinajstić information content (AvgIpc) is 2.76. The molecule has 2 saturated heterocycles. The molecular formula is C23H35N3O5. The maximum atomic E-state index is 12.9. The Labute approximate surface area is 184 Å². The van der Waals surface area contributed by atoms with Crippen molar-refractivity contribution in [2.24, 2.45) is 5.73 Å². The molecule has 0 saturated carbocycles. The Morgan fingerprint density at radius 1 is 1.29 bits per heavy atom. The van der Waals surface area contributed by atoms with Crippen molar-refractivity contribution < 1.29 is 24.2 Å². The van der Waals surface area contributed by atoms with Crippen LogP contribution in [0, 0.1) is 0 Å². The highest BCUT2D eigenvalue weighted by Crippen LogP contribution is 2.40. The summed E-state index contributed by atoms with van der Waals surface area (Å²) in [7, 11) is 1.72. The monoisotopic (exact) mass is 433 g/mol. The van der Waals surface area contributed by atoms with Crippen LogP contribution in [0.2, 0.25) is 0 Å². The van der Waals surface area contributed by atoms with E-state index in [-0.39, 0.29) is 24.5 Å². The van der Waals surface area contributed by atoms with Crippen LogP contribution in [-0.4, -0.2) is 83.9 Å². The largest absolute Gasteiger partial charge is 0.494 e. The number of nitrogens with zero attached hydrogens (tertiary/aromatic N) is 2. The fourth-order valence-electron chi connectivity index (χ4n) is 4.42. The first kappa shape index (κ1) is 23.5. The summed E-state index contributed by atoms with van der Waals surface area (Å²) in [6.45, 7) is 5.69. The number of likely N-dealkylation sites (N-methyl/N-ethyl adjacent to an activating group) is 1. The lowest BCUT2D eigenvalue weighted by molar-refractivity contribution is -0.207. The van der Waals surface area contributed by atoms with Gasteiger partial charge in [0.15, 0.2) is 0 Å². The highest BCUT2D eigenvalue weighted by atomic mass is 16.5. The molecule has 0 radical (unpaired) electrons. The Bertz CT molecular complexity index is 772. The molecule has 3 N–H and O–H groups in total. The van der Waals surface area contributed by atoms with Crippen molar-refractivity contribution in [2.75, 3.05) is 39.9 Å². The first-order chi connectivity index (χ1) is 14.7. The van der Waals surface area contributed by atoms with E-state index in [2.05, 4.69) is 0 Å². The van der Waals surface area contributed by atoms with Crippen LogP contribution in [0.15, 0.2) is 24.3 Å². The summed E-state index contributed by atoms with van der Waals surface area (Å²) in [5.41, 5.74) is 4.59. The van der Waals surface area contributed by atoms with E-state index < -0.39 is 11.2 Å². The molecule has 1 aromatic rings. The Morgan fingerprint density at radius 3 is 2.52 bits per heavy atom. The Hall–Kier alpha value is -2.16. The molecule has 2 amide bonds. The quantitative estimate of drug-likeness (QED) is 0.657. The van der Waals surface area contributed by atoms with E-state index in [1.54, 1.807) is 31.0 Å². The minimum atomic E-state index is -1.09. The molecule has 0 aromatic heterocycles. The molecule has 1 spiro atoms. The van der Waals surface area contributed by atoms with Gasteiger partial charge in [-0.1, -0.05) is 0 Å². The van der Waals surface area contributed by atoms with Crippen molar-refractivity contribution in [2.45, 2.75) is 56.8 Å². The van der Waals surface area contributed by atoms with Crippen molar-refractivity contribution in [3.63, 3.8) is 0 Å². The Balaban J connectivity index is 1.59. The minimum absolute atomic E-state index is 0.0106. The van der Waals surface area contributed by atoms with Crippen molar-refractivity contribution in [3.8, 4) is 5.75 Å². The first-order valence-electron chi connectivity index (χ1n) is 11.0. The highest BCUT2D eigenvalue weighted by molar-refractivity contribution is 5.94. The molecular weight excluding hydrogens is 398 g/mol. The molecule has 0 aliphatic carbocycles. The van der Waals surface area contributed by atoms with Gasteiger partial charge in [0.1, 0.15) is 11.4 Å². The van der Waals surface area contributed by atoms with Crippen molar-refractivity contribution in [1.29, 1.82) is 0 Å². The first-order valence-corrected chi connectivity index (χ1v) is 11.0. The number of likely N-dealkylation sites (tertiary alicyclic amines) is 1. The lowest BCUT2D eigenvalue weighted by Gasteiger charge is -2.52. The molecule has 1 aromatic carbocycles. The fourth-order valence-corrected chi connectivity index (χ4v) is 4.42. The Kier molecular flexibility index (Phi) is 7.24. The molecule has 2 fully saturated rings. The van der Waals surface area contributed by atoms with Gasteiger partial charge in [-0.25, -0.2) is 0 Å². The number of carbonyl (C=O) groups is 2. The van der Waals surface area contributed by atoms with Crippen LogP contribution in [0.25, 0.3) is 0 Å². The highest BCUT2D eigenvalue weighted by Gasteiger charge is 2.50. The molecule has 0 unspecified atom stereocenters. The number of piperidine rings is 1. The van der Waals surface area contributed by atoms with Crippen molar-refractivity contribution in [3.05, 3.63) is 29.8 Å². The number of hydrogen-bond acceptors (Lipinski definition) is 6. The summed E-state index contributed by atoms with van der Waals surface area (Å²) < 4.78 is 11.7. The van der Waals surface area contributed by atoms with Crippen molar-refractivity contribution in [1.82, 2.24) is 9.80 Å². The molecule has 8 heteroatoms. The number of rotatable bonds is 6. The molecule has 31 heavy (non-hydrogen) atoms. The van der Waals surface area contributed by atoms with E-state index in [0.29, 0.717) is 51.1 Å². The molecule has 2 heterocycles. The third-order valence-electron chi connectivity index (χ3n) is 6.60. The van der Waals surface area contributed by atoms with Crippen LogP contribution >= 0.6 is 0 Å². The molecule has 2 aliphatic heterocycles. The summed E-state index contributed by atoms with van der Waals surface area (Å²) in [4.78, 5) is 28.3. The fraction of sp³-hybridized carbons (Fsp3) is 0.652. The number of benzene rings is 1. The molecule has 0 bridgehead atoms. The van der Waals surface area contributed by atoms with Crippen LogP contribution in [0.5, 0.6) is 5.75 Å². The second kappa shape index (κ2) is 9.54. The van der Waals surface area contributed by atoms with Crippen LogP contribution in [0.1, 0.15) is 49.9 Å². The van der Waals surface area contributed by atoms with Gasteiger partial charge in [-0.3, -0.25) is 9.59 Å². The smallest absolute Gasteiger partial charge is 0.253 e. The van der Waals surface area contributed by atoms with Gasteiger partial charge >= 0.3 is 0 Å². The summed E-state index contributed by atoms with van der Waals surface area (Å²) in [5, 5.41) is 10.7. The van der Waals surface area contributed by atoms with E-state index >= 15 is 0 Å². The molecule has 8 nitrogen and oxygen atoms in total. The maximum absolute atomic E-state index is 12.9. The topological polar surface area (TPSA) is 105 Å². The zero-order chi connectivity index (χ0) is 22.6. The van der Waals surface area contributed by atoms with E-state index in [4.69, 9.17) is 15.2 Å². The summed E-state index contributed by atoms with van der Waals surface area (Å²) in [6, 6.07) is 6.88. The van der Waals surface area contributed by atoms with Gasteiger partial charge < -0.3 is 30.1 Å². The third-order valence-corrected chi connectivity index (χ3v) is 6.60. The molecule has 2 aliphatic rings. The normalized spacial score (nSPS) is 25.3. The predicted molar refractivity (Wildman–Crippen MR) is 117 cm³/mol. The molecule has 172 valence electrons. The summed E-state index contributed by atoms with van der Waals surface area (Å²) in [5.74, 6) is 0.639. The van der Waals surface area contributed by atoms with Gasteiger partial charge in [-0.15, -0.1) is 0 Å². The second-order valence-electron chi connectivity index (χ2n) is 8.99. The van der Waals surface area contributed by atoms with Gasteiger partial charge in [-0.05, 0) is 63.4 Å². The minimum Gasteiger partial charge on any atom is -0.494 e. The lowest BCUT2D eigenvalue weighted by atomic mass is 9.77. The number of ether oxygens (including phenoxy) is 2. The van der Waals surface area contributed by atoms with Crippen LogP contribution in [-0.2, 0) is 9.53 Å². The van der Waals surface area contributed by atoms with Gasteiger partial charge in [0.05, 0.1) is 24.9 Å². The SMILES string of the molecule is CC(=O)N(C)[C@H]1CC2(CCN(C(=O)c3ccc(OCCCN)cc3)CC2)OC[C@]1(C)O. The summed E-state index contributed by atoms with van der Waals surface area (Å²) >= 11 is 0. The van der Waals surface area contributed by atoms with Gasteiger partial charge in [0, 0.05) is 32.6 Å². The molecule has 3 rings (SSSR count). The van der Waals surface area contributed by atoms with E-state index in [1.807, 2.05) is 17.0 Å². The zero-order valence-electron chi connectivity index (χ0n) is 18.8. The number of carbonyl (C=O) groups excluding carboxylic acids is 2. The average molecular weight is 434 g/mol. The predicted octanol–water partition coefficient (Wildman–Crippen LogP) is 1.41. The third kappa shape index (κ3) is 5.37. The number of aliphatic hydroxyl groups is 1. The van der Waals surface area contributed by atoms with Crippen LogP contribution in [0.4, 0.5) is 0 Å². The van der Waals surface area contributed by atoms with E-state index in [0.717, 1.165) is 12.2 Å².